The number of nitrogens with one attached hydrogen (secondary N) is 2. The number of halogens is 1. The number of nitrogens with zero attached hydrogens (tertiary/aromatic N) is 3. The van der Waals surface area contributed by atoms with Crippen LogP contribution in [0.15, 0.2) is 14.4 Å². The molecule has 0 atom stereocenters. The summed E-state index contributed by atoms with van der Waals surface area (Å²) in [5.74, 6) is 0. The van der Waals surface area contributed by atoms with Gasteiger partial charge in [-0.05, 0) is 0 Å². The minimum Gasteiger partial charge on any atom is -0.412 e. The number of imidazole rings is 1. The SMILES string of the molecule is O.[C-]#[N+]n1c(=O)c2[nH]c(=O)[nH]c2n(Cl)c1=O. The molecule has 0 amide bonds. The van der Waals surface area contributed by atoms with Crippen molar-refractivity contribution < 1.29 is 5.48 Å². The van der Waals surface area contributed by atoms with Gasteiger partial charge in [-0.25, -0.2) is 9.59 Å². The number of aromatic nitrogens is 4. The van der Waals surface area contributed by atoms with Crippen LogP contribution in [-0.2, 0) is 0 Å². The summed E-state index contributed by atoms with van der Waals surface area (Å²) in [6.07, 6.45) is 0. The average molecular weight is 246 g/mol. The lowest BCUT2D eigenvalue weighted by Gasteiger charge is -1.93. The van der Waals surface area contributed by atoms with Gasteiger partial charge in [0.05, 0.1) is 4.68 Å². The first-order valence-corrected chi connectivity index (χ1v) is 3.94. The van der Waals surface area contributed by atoms with Crippen LogP contribution < -0.4 is 16.9 Å². The van der Waals surface area contributed by atoms with Gasteiger partial charge in [0.1, 0.15) is 0 Å². The van der Waals surface area contributed by atoms with Crippen LogP contribution in [0.3, 0.4) is 0 Å². The molecule has 4 N–H and O–H groups in total. The minimum absolute atomic E-state index is 0. The zero-order valence-corrected chi connectivity index (χ0v) is 8.20. The molecule has 9 nitrogen and oxygen atoms in total. The molecule has 0 unspecified atom stereocenters. The van der Waals surface area contributed by atoms with Crippen molar-refractivity contribution in [3.8, 4) is 0 Å². The second-order valence-corrected chi connectivity index (χ2v) is 2.92. The maximum atomic E-state index is 11.4. The number of rotatable bonds is 0. The van der Waals surface area contributed by atoms with E-state index in [2.05, 4.69) is 14.9 Å². The summed E-state index contributed by atoms with van der Waals surface area (Å²) in [6.45, 7) is 6.62. The highest BCUT2D eigenvalue weighted by atomic mass is 35.5. The van der Waals surface area contributed by atoms with E-state index in [0.717, 1.165) is 0 Å². The molecule has 0 aromatic carbocycles. The van der Waals surface area contributed by atoms with E-state index in [0.29, 0.717) is 4.09 Å². The van der Waals surface area contributed by atoms with Crippen LogP contribution in [0.2, 0.25) is 0 Å². The van der Waals surface area contributed by atoms with E-state index in [4.69, 9.17) is 18.3 Å². The standard InChI is InChI=1S/C6H2ClN5O3.H2O/c1-8-12-4(13)2-3(10-5(14)9-2)11(7)6(12)15;/h(H2,9,10,14);1H2. The highest BCUT2D eigenvalue weighted by Gasteiger charge is 2.17. The van der Waals surface area contributed by atoms with E-state index in [-0.39, 0.29) is 21.3 Å². The lowest BCUT2D eigenvalue weighted by atomic mass is 10.5. The van der Waals surface area contributed by atoms with Crippen molar-refractivity contribution in [2.24, 2.45) is 0 Å². The normalized spacial score (nSPS) is 9.75. The Kier molecular flexibility index (Phi) is 2.71. The van der Waals surface area contributed by atoms with Gasteiger partial charge in [-0.2, -0.15) is 10.7 Å². The molecule has 16 heavy (non-hydrogen) atoms. The third kappa shape index (κ3) is 1.33. The fourth-order valence-corrected chi connectivity index (χ4v) is 1.33. The summed E-state index contributed by atoms with van der Waals surface area (Å²) < 4.78 is 0.714. The summed E-state index contributed by atoms with van der Waals surface area (Å²) in [7, 11) is 0. The Morgan fingerprint density at radius 3 is 2.44 bits per heavy atom. The Morgan fingerprint density at radius 1 is 1.25 bits per heavy atom. The molecule has 0 aliphatic carbocycles. The predicted molar refractivity (Wildman–Crippen MR) is 54.3 cm³/mol. The molecule has 2 rings (SSSR count). The van der Waals surface area contributed by atoms with Gasteiger partial charge in [-0.15, -0.1) is 4.95 Å². The Hall–Kier alpha value is -2.31. The highest BCUT2D eigenvalue weighted by molar-refractivity contribution is 6.17. The molecule has 0 radical (unpaired) electrons. The van der Waals surface area contributed by atoms with Crippen molar-refractivity contribution in [3.05, 3.63) is 42.8 Å². The van der Waals surface area contributed by atoms with Crippen LogP contribution in [0.25, 0.3) is 16.1 Å². The van der Waals surface area contributed by atoms with Crippen LogP contribution in [0.1, 0.15) is 0 Å². The predicted octanol–water partition coefficient (Wildman–Crippen LogP) is -1.96. The second-order valence-electron chi connectivity index (χ2n) is 2.58. The number of hydrogen-bond donors (Lipinski definition) is 2. The quantitative estimate of drug-likeness (QED) is 0.523. The lowest BCUT2D eigenvalue weighted by molar-refractivity contribution is 0.824. The molecule has 2 aromatic heterocycles. The van der Waals surface area contributed by atoms with Crippen LogP contribution in [0.4, 0.5) is 0 Å². The molecule has 10 heteroatoms. The second kappa shape index (κ2) is 3.69. The van der Waals surface area contributed by atoms with Gasteiger partial charge in [0.15, 0.2) is 11.2 Å². The molecule has 0 spiro atoms. The summed E-state index contributed by atoms with van der Waals surface area (Å²) >= 11 is 5.51. The van der Waals surface area contributed by atoms with Crippen LogP contribution in [0, 0.1) is 6.57 Å². The fraction of sp³-hybridized carbons (Fsp3) is 0. The van der Waals surface area contributed by atoms with Gasteiger partial charge in [-0.3, -0.25) is 14.8 Å². The first-order valence-electron chi connectivity index (χ1n) is 3.60. The molecule has 0 saturated heterocycles. The Labute approximate surface area is 90.7 Å². The van der Waals surface area contributed by atoms with Gasteiger partial charge in [0.25, 0.3) is 0 Å². The van der Waals surface area contributed by atoms with E-state index >= 15 is 0 Å². The first kappa shape index (κ1) is 11.8. The smallest absolute Gasteiger partial charge is 0.412 e. The molecule has 0 fully saturated rings. The van der Waals surface area contributed by atoms with Crippen LogP contribution in [0.5, 0.6) is 0 Å². The molecular weight excluding hydrogens is 242 g/mol. The minimum atomic E-state index is -1.03. The summed E-state index contributed by atoms with van der Waals surface area (Å²) in [4.78, 5) is 40.6. The van der Waals surface area contributed by atoms with Gasteiger partial charge >= 0.3 is 16.9 Å². The van der Waals surface area contributed by atoms with E-state index in [1.54, 1.807) is 0 Å². The molecule has 84 valence electrons. The molecule has 0 saturated carbocycles. The maximum Gasteiger partial charge on any atom is 0.416 e. The average Bonchev–Trinajstić information content (AvgIpc) is 2.58. The van der Waals surface area contributed by atoms with Gasteiger partial charge in [0.2, 0.25) is 0 Å². The zero-order valence-electron chi connectivity index (χ0n) is 7.44. The number of fused-ring (bicyclic) bond motifs is 1. The molecule has 0 bridgehead atoms. The Bertz CT molecular complexity index is 756. The zero-order chi connectivity index (χ0) is 11.2. The number of H-pyrrole nitrogens is 2. The number of hydrogen-bond acceptors (Lipinski definition) is 3. The van der Waals surface area contributed by atoms with Crippen molar-refractivity contribution in [3.63, 3.8) is 0 Å². The Morgan fingerprint density at radius 2 is 1.88 bits per heavy atom. The van der Waals surface area contributed by atoms with Crippen molar-refractivity contribution in [2.45, 2.75) is 0 Å². The van der Waals surface area contributed by atoms with Crippen molar-refractivity contribution in [2.75, 3.05) is 0 Å². The molecule has 2 heterocycles. The first-order chi connectivity index (χ1) is 7.06. The van der Waals surface area contributed by atoms with Crippen LogP contribution >= 0.6 is 11.8 Å². The fourth-order valence-electron chi connectivity index (χ4n) is 1.14. The summed E-state index contributed by atoms with van der Waals surface area (Å²) in [5, 5.41) is 0. The van der Waals surface area contributed by atoms with Crippen molar-refractivity contribution in [1.82, 2.24) is 18.7 Å². The van der Waals surface area contributed by atoms with E-state index in [1.807, 2.05) is 0 Å². The largest absolute Gasteiger partial charge is 0.416 e. The van der Waals surface area contributed by atoms with E-state index in [1.165, 1.54) is 0 Å². The maximum absolute atomic E-state index is 11.4. The number of aromatic amines is 2. The van der Waals surface area contributed by atoms with Gasteiger partial charge < -0.3 is 5.48 Å². The third-order valence-electron chi connectivity index (χ3n) is 1.76. The van der Waals surface area contributed by atoms with E-state index < -0.39 is 16.9 Å². The van der Waals surface area contributed by atoms with Crippen molar-refractivity contribution in [1.29, 1.82) is 0 Å². The summed E-state index contributed by atoms with van der Waals surface area (Å²) in [5.41, 5.74) is -3.00. The third-order valence-corrected chi connectivity index (χ3v) is 2.07. The lowest BCUT2D eigenvalue weighted by Crippen LogP contribution is -2.34. The monoisotopic (exact) mass is 245 g/mol. The highest BCUT2D eigenvalue weighted by Crippen LogP contribution is 1.99. The molecule has 2 aromatic rings. The van der Waals surface area contributed by atoms with Crippen molar-refractivity contribution >= 4 is 22.9 Å². The van der Waals surface area contributed by atoms with Gasteiger partial charge in [0, 0.05) is 11.8 Å². The van der Waals surface area contributed by atoms with Crippen LogP contribution in [-0.4, -0.2) is 24.2 Å². The van der Waals surface area contributed by atoms with E-state index in [9.17, 15) is 14.4 Å². The molecule has 0 aliphatic heterocycles. The molecule has 0 aliphatic rings. The van der Waals surface area contributed by atoms with Gasteiger partial charge in [-0.1, -0.05) is 0 Å². The topological polar surface area (TPSA) is 129 Å². The summed E-state index contributed by atoms with van der Waals surface area (Å²) in [6, 6.07) is 0. The molecular formula is C6H4ClN5O4. The Balaban J connectivity index is 0.00000128.